The van der Waals surface area contributed by atoms with Crippen LogP contribution in [0.1, 0.15) is 53.0 Å². The molecule has 0 saturated carbocycles. The topological polar surface area (TPSA) is 59.5 Å². The lowest BCUT2D eigenvalue weighted by molar-refractivity contribution is -0.144. The van der Waals surface area contributed by atoms with Crippen LogP contribution in [0.4, 0.5) is 0 Å². The number of hydrogen-bond donors (Lipinski definition) is 0. The summed E-state index contributed by atoms with van der Waals surface area (Å²) in [5, 5.41) is 0.898. The normalized spacial score (nSPS) is 18.6. The van der Waals surface area contributed by atoms with Gasteiger partial charge in [-0.3, -0.25) is 9.59 Å². The fourth-order valence-electron chi connectivity index (χ4n) is 2.75. The molecule has 5 nitrogen and oxygen atoms in total. The molecule has 0 radical (unpaired) electrons. The first kappa shape index (κ1) is 15.9. The predicted molar refractivity (Wildman–Crippen MR) is 81.5 cm³/mol. The van der Waals surface area contributed by atoms with Crippen molar-refractivity contribution in [1.82, 2.24) is 9.88 Å². The van der Waals surface area contributed by atoms with Crippen molar-refractivity contribution in [3.63, 3.8) is 0 Å². The molecule has 1 amide bonds. The van der Waals surface area contributed by atoms with Gasteiger partial charge in [0.1, 0.15) is 4.88 Å². The molecule has 0 N–H and O–H groups in total. The predicted octanol–water partition coefficient (Wildman–Crippen LogP) is 2.71. The summed E-state index contributed by atoms with van der Waals surface area (Å²) in [6.45, 7) is 6.65. The van der Waals surface area contributed by atoms with Crippen molar-refractivity contribution in [2.45, 2.75) is 52.5 Å². The van der Waals surface area contributed by atoms with Gasteiger partial charge in [-0.25, -0.2) is 4.98 Å². The van der Waals surface area contributed by atoms with Gasteiger partial charge in [0.2, 0.25) is 0 Å². The Morgan fingerprint density at radius 1 is 1.38 bits per heavy atom. The maximum Gasteiger partial charge on any atom is 0.307 e. The quantitative estimate of drug-likeness (QED) is 0.802. The fourth-order valence-corrected chi connectivity index (χ4v) is 3.63. The lowest BCUT2D eigenvalue weighted by Gasteiger charge is -2.35. The first-order chi connectivity index (χ1) is 10.0. The monoisotopic (exact) mass is 310 g/mol. The van der Waals surface area contributed by atoms with Crippen LogP contribution in [0.5, 0.6) is 0 Å². The molecule has 0 aliphatic carbocycles. The number of esters is 1. The Labute approximate surface area is 129 Å². The van der Waals surface area contributed by atoms with Crippen LogP contribution in [0.15, 0.2) is 0 Å². The summed E-state index contributed by atoms with van der Waals surface area (Å²) >= 11 is 1.43. The summed E-state index contributed by atoms with van der Waals surface area (Å²) in [6, 6.07) is -0.0490. The summed E-state index contributed by atoms with van der Waals surface area (Å²) in [5.74, 6) is -0.216. The Kier molecular flexibility index (Phi) is 5.33. The molecular formula is C15H22N2O3S. The van der Waals surface area contributed by atoms with Crippen LogP contribution >= 0.6 is 11.3 Å². The number of rotatable bonds is 4. The third kappa shape index (κ3) is 3.81. The van der Waals surface area contributed by atoms with Crippen molar-refractivity contribution in [2.75, 3.05) is 13.2 Å². The summed E-state index contributed by atoms with van der Waals surface area (Å²) in [7, 11) is 0. The van der Waals surface area contributed by atoms with Crippen LogP contribution in [0.3, 0.4) is 0 Å². The largest absolute Gasteiger partial charge is 0.466 e. The smallest absolute Gasteiger partial charge is 0.307 e. The highest BCUT2D eigenvalue weighted by atomic mass is 32.1. The van der Waals surface area contributed by atoms with Gasteiger partial charge in [-0.05, 0) is 40.0 Å². The minimum Gasteiger partial charge on any atom is -0.466 e. The van der Waals surface area contributed by atoms with Crippen molar-refractivity contribution in [1.29, 1.82) is 0 Å². The molecule has 0 bridgehead atoms. The van der Waals surface area contributed by atoms with Crippen LogP contribution < -0.4 is 0 Å². The second-order valence-corrected chi connectivity index (χ2v) is 6.51. The summed E-state index contributed by atoms with van der Waals surface area (Å²) in [5.41, 5.74) is 0.781. The molecule has 6 heteroatoms. The molecule has 0 aromatic carbocycles. The molecule has 1 aliphatic heterocycles. The van der Waals surface area contributed by atoms with Crippen LogP contribution in [0.2, 0.25) is 0 Å². The van der Waals surface area contributed by atoms with Crippen molar-refractivity contribution in [3.05, 3.63) is 15.6 Å². The van der Waals surface area contributed by atoms with Crippen LogP contribution in [-0.4, -0.2) is 41.0 Å². The van der Waals surface area contributed by atoms with E-state index >= 15 is 0 Å². The Balaban J connectivity index is 2.12. The number of aryl methyl sites for hydroxylation is 2. The molecule has 1 aliphatic rings. The van der Waals surface area contributed by atoms with Crippen LogP contribution in [0.25, 0.3) is 0 Å². The molecule has 21 heavy (non-hydrogen) atoms. The summed E-state index contributed by atoms with van der Waals surface area (Å²) in [6.07, 6.45) is 3.19. The fraction of sp³-hybridized carbons (Fsp3) is 0.667. The molecule has 2 heterocycles. The van der Waals surface area contributed by atoms with Gasteiger partial charge in [-0.2, -0.15) is 0 Å². The standard InChI is InChI=1S/C15H22N2O3S/c1-4-20-13(18)9-12-7-5-6-8-17(12)15(19)14-10(2)16-11(3)21-14/h12H,4-9H2,1-3H3/t12-/m1/s1. The molecule has 2 rings (SSSR count). The van der Waals surface area contributed by atoms with Crippen LogP contribution in [-0.2, 0) is 9.53 Å². The number of likely N-dealkylation sites (tertiary alicyclic amines) is 1. The van der Waals surface area contributed by atoms with Gasteiger partial charge in [-0.1, -0.05) is 0 Å². The van der Waals surface area contributed by atoms with Gasteiger partial charge in [0, 0.05) is 12.6 Å². The molecule has 116 valence electrons. The van der Waals surface area contributed by atoms with E-state index in [2.05, 4.69) is 4.98 Å². The highest BCUT2D eigenvalue weighted by Gasteiger charge is 2.31. The zero-order valence-electron chi connectivity index (χ0n) is 12.8. The number of amides is 1. The van der Waals surface area contributed by atoms with Crippen molar-refractivity contribution < 1.29 is 14.3 Å². The molecule has 1 atom stereocenters. The Morgan fingerprint density at radius 3 is 2.76 bits per heavy atom. The number of thiazole rings is 1. The number of ether oxygens (including phenoxy) is 1. The second-order valence-electron chi connectivity index (χ2n) is 5.30. The minimum absolute atomic E-state index is 0.00657. The van der Waals surface area contributed by atoms with E-state index < -0.39 is 0 Å². The summed E-state index contributed by atoms with van der Waals surface area (Å²) < 4.78 is 5.02. The second kappa shape index (κ2) is 7.02. The van der Waals surface area contributed by atoms with Gasteiger partial charge < -0.3 is 9.64 Å². The maximum atomic E-state index is 12.7. The average molecular weight is 310 g/mol. The Bertz CT molecular complexity index is 527. The number of aromatic nitrogens is 1. The van der Waals surface area contributed by atoms with Crippen molar-refractivity contribution >= 4 is 23.2 Å². The molecule has 0 unspecified atom stereocenters. The molecular weight excluding hydrogens is 288 g/mol. The van der Waals surface area contributed by atoms with Gasteiger partial charge in [0.05, 0.1) is 23.7 Å². The number of nitrogens with zero attached hydrogens (tertiary/aromatic N) is 2. The number of carbonyl (C=O) groups is 2. The highest BCUT2D eigenvalue weighted by molar-refractivity contribution is 7.13. The van der Waals surface area contributed by atoms with Crippen molar-refractivity contribution in [2.24, 2.45) is 0 Å². The zero-order chi connectivity index (χ0) is 15.4. The van der Waals surface area contributed by atoms with Gasteiger partial charge in [-0.15, -0.1) is 11.3 Å². The Hall–Kier alpha value is -1.43. The highest BCUT2D eigenvalue weighted by Crippen LogP contribution is 2.26. The van der Waals surface area contributed by atoms with Gasteiger partial charge >= 0.3 is 5.97 Å². The van der Waals surface area contributed by atoms with E-state index in [1.807, 2.05) is 18.7 Å². The Morgan fingerprint density at radius 2 is 2.14 bits per heavy atom. The average Bonchev–Trinajstić information content (AvgIpc) is 2.78. The zero-order valence-corrected chi connectivity index (χ0v) is 13.7. The summed E-state index contributed by atoms with van der Waals surface area (Å²) in [4.78, 5) is 31.3. The number of hydrogen-bond acceptors (Lipinski definition) is 5. The van der Waals surface area contributed by atoms with E-state index in [1.54, 1.807) is 6.92 Å². The first-order valence-corrected chi connectivity index (χ1v) is 8.25. The molecule has 0 spiro atoms. The molecule has 1 aromatic heterocycles. The molecule has 1 saturated heterocycles. The SMILES string of the molecule is CCOC(=O)C[C@H]1CCCCN1C(=O)c1sc(C)nc1C. The minimum atomic E-state index is -0.223. The van der Waals surface area contributed by atoms with Crippen molar-refractivity contribution in [3.8, 4) is 0 Å². The van der Waals surface area contributed by atoms with Gasteiger partial charge in [0.15, 0.2) is 0 Å². The lowest BCUT2D eigenvalue weighted by atomic mass is 9.99. The first-order valence-electron chi connectivity index (χ1n) is 7.43. The molecule has 1 fully saturated rings. The van der Waals surface area contributed by atoms with E-state index in [0.29, 0.717) is 18.0 Å². The van der Waals surface area contributed by atoms with E-state index in [1.165, 1.54) is 11.3 Å². The van der Waals surface area contributed by atoms with E-state index in [0.717, 1.165) is 30.0 Å². The van der Waals surface area contributed by atoms with E-state index in [4.69, 9.17) is 4.74 Å². The van der Waals surface area contributed by atoms with Crippen LogP contribution in [0, 0.1) is 13.8 Å². The lowest BCUT2D eigenvalue weighted by Crippen LogP contribution is -2.44. The van der Waals surface area contributed by atoms with E-state index in [-0.39, 0.29) is 24.3 Å². The number of carbonyl (C=O) groups excluding carboxylic acids is 2. The number of piperidine rings is 1. The third-order valence-electron chi connectivity index (χ3n) is 3.69. The third-order valence-corrected chi connectivity index (χ3v) is 4.75. The maximum absolute atomic E-state index is 12.7. The van der Waals surface area contributed by atoms with E-state index in [9.17, 15) is 9.59 Å². The molecule has 1 aromatic rings. The van der Waals surface area contributed by atoms with Gasteiger partial charge in [0.25, 0.3) is 5.91 Å².